The number of phenols is 1. The monoisotopic (exact) mass is 558 g/mol. The minimum Gasteiger partial charge on any atom is -0.508 e. The molecule has 0 fully saturated rings. The molecule has 4 atom stereocenters. The van der Waals surface area contributed by atoms with Crippen molar-refractivity contribution < 1.29 is 49.2 Å². The van der Waals surface area contributed by atoms with E-state index < -0.39 is 72.6 Å². The van der Waals surface area contributed by atoms with Gasteiger partial charge in [-0.15, -0.1) is 0 Å². The van der Waals surface area contributed by atoms with E-state index in [4.69, 9.17) is 10.8 Å². The zero-order valence-electron chi connectivity index (χ0n) is 21.1. The summed E-state index contributed by atoms with van der Waals surface area (Å²) in [5.74, 6) is -7.73. The summed E-state index contributed by atoms with van der Waals surface area (Å²) < 4.78 is 0. The van der Waals surface area contributed by atoms with Crippen LogP contribution in [0.15, 0.2) is 54.6 Å². The standard InChI is InChI=1S/C26H30N4O10/c27-17(10-14-4-2-1-3-5-14)23(36)28-18(11-15-6-8-16(31)9-7-15)24(37)29-19(12-21(32)33)25(38)30-20(26(39)40)13-22(34)35/h1-9,17-20,31H,10-13,27H2,(H,28,36)(H,29,37)(H,30,38)(H,32,33)(H,34,35)(H,39,40). The van der Waals surface area contributed by atoms with E-state index in [-0.39, 0.29) is 18.6 Å². The molecule has 14 heteroatoms. The summed E-state index contributed by atoms with van der Waals surface area (Å²) in [6.45, 7) is 0. The molecule has 0 heterocycles. The molecule has 9 N–H and O–H groups in total. The second-order valence-electron chi connectivity index (χ2n) is 8.88. The highest BCUT2D eigenvalue weighted by atomic mass is 16.4. The predicted molar refractivity (Wildman–Crippen MR) is 138 cm³/mol. The molecule has 2 aromatic carbocycles. The van der Waals surface area contributed by atoms with Crippen LogP contribution in [-0.4, -0.2) is 80.2 Å². The van der Waals surface area contributed by atoms with Crippen LogP contribution in [0.5, 0.6) is 5.75 Å². The maximum absolute atomic E-state index is 13.2. The van der Waals surface area contributed by atoms with Gasteiger partial charge < -0.3 is 42.1 Å². The lowest BCUT2D eigenvalue weighted by Crippen LogP contribution is -2.58. The summed E-state index contributed by atoms with van der Waals surface area (Å²) in [6, 6.07) is 8.38. The number of rotatable bonds is 15. The lowest BCUT2D eigenvalue weighted by molar-refractivity contribution is -0.148. The van der Waals surface area contributed by atoms with E-state index in [1.54, 1.807) is 30.3 Å². The van der Waals surface area contributed by atoms with Crippen molar-refractivity contribution in [3.8, 4) is 5.75 Å². The molecule has 0 spiro atoms. The smallest absolute Gasteiger partial charge is 0.326 e. The van der Waals surface area contributed by atoms with Crippen LogP contribution in [0.1, 0.15) is 24.0 Å². The van der Waals surface area contributed by atoms with Crippen molar-refractivity contribution in [2.75, 3.05) is 0 Å². The van der Waals surface area contributed by atoms with Crippen molar-refractivity contribution in [3.63, 3.8) is 0 Å². The fraction of sp³-hybridized carbons (Fsp3) is 0.308. The number of nitrogens with two attached hydrogens (primary N) is 1. The molecule has 0 aliphatic rings. The van der Waals surface area contributed by atoms with Crippen LogP contribution in [0.25, 0.3) is 0 Å². The Morgan fingerprint density at radius 3 is 1.65 bits per heavy atom. The zero-order valence-corrected chi connectivity index (χ0v) is 21.1. The second kappa shape index (κ2) is 14.8. The average Bonchev–Trinajstić information content (AvgIpc) is 2.88. The fourth-order valence-corrected chi connectivity index (χ4v) is 3.62. The topological polar surface area (TPSA) is 245 Å². The fourth-order valence-electron chi connectivity index (χ4n) is 3.62. The maximum atomic E-state index is 13.2. The number of hydrogen-bond acceptors (Lipinski definition) is 8. The van der Waals surface area contributed by atoms with Crippen LogP contribution in [-0.2, 0) is 41.6 Å². The van der Waals surface area contributed by atoms with Gasteiger partial charge in [-0.1, -0.05) is 42.5 Å². The quantitative estimate of drug-likeness (QED) is 0.132. The van der Waals surface area contributed by atoms with Crippen LogP contribution in [0, 0.1) is 0 Å². The van der Waals surface area contributed by atoms with Crippen LogP contribution < -0.4 is 21.7 Å². The van der Waals surface area contributed by atoms with E-state index >= 15 is 0 Å². The molecule has 0 aromatic heterocycles. The molecular formula is C26H30N4O10. The van der Waals surface area contributed by atoms with Crippen molar-refractivity contribution in [1.82, 2.24) is 16.0 Å². The van der Waals surface area contributed by atoms with Gasteiger partial charge in [-0.2, -0.15) is 0 Å². The Morgan fingerprint density at radius 2 is 1.10 bits per heavy atom. The van der Waals surface area contributed by atoms with Crippen LogP contribution in [0.4, 0.5) is 0 Å². The van der Waals surface area contributed by atoms with Crippen molar-refractivity contribution in [2.45, 2.75) is 49.9 Å². The number of nitrogens with one attached hydrogen (secondary N) is 3. The first-order chi connectivity index (χ1) is 18.8. The Kier molecular flexibility index (Phi) is 11.6. The van der Waals surface area contributed by atoms with E-state index in [0.717, 1.165) is 5.56 Å². The van der Waals surface area contributed by atoms with Crippen molar-refractivity contribution in [3.05, 3.63) is 65.7 Å². The molecule has 214 valence electrons. The number of carbonyl (C=O) groups excluding carboxylic acids is 3. The minimum atomic E-state index is -1.89. The van der Waals surface area contributed by atoms with Crippen molar-refractivity contribution >= 4 is 35.6 Å². The van der Waals surface area contributed by atoms with E-state index in [9.17, 15) is 44.1 Å². The summed E-state index contributed by atoms with van der Waals surface area (Å²) >= 11 is 0. The molecule has 2 rings (SSSR count). The highest BCUT2D eigenvalue weighted by Crippen LogP contribution is 2.12. The minimum absolute atomic E-state index is 0.0498. The Balaban J connectivity index is 2.24. The number of benzene rings is 2. The van der Waals surface area contributed by atoms with Gasteiger partial charge in [0.2, 0.25) is 17.7 Å². The summed E-state index contributed by atoms with van der Waals surface area (Å²) in [4.78, 5) is 72.4. The number of hydrogen-bond donors (Lipinski definition) is 8. The maximum Gasteiger partial charge on any atom is 0.326 e. The van der Waals surface area contributed by atoms with E-state index in [0.29, 0.717) is 5.56 Å². The molecule has 0 saturated carbocycles. The predicted octanol–water partition coefficient (Wildman–Crippen LogP) is -1.01. The van der Waals surface area contributed by atoms with Gasteiger partial charge in [0.1, 0.15) is 23.9 Å². The molecule has 0 aliphatic carbocycles. The molecule has 2 aromatic rings. The Morgan fingerprint density at radius 1 is 0.625 bits per heavy atom. The first kappa shape index (κ1) is 31.2. The Hall–Kier alpha value is -4.98. The van der Waals surface area contributed by atoms with Gasteiger partial charge in [-0.3, -0.25) is 24.0 Å². The van der Waals surface area contributed by atoms with Gasteiger partial charge in [0.05, 0.1) is 18.9 Å². The van der Waals surface area contributed by atoms with E-state index in [1.165, 1.54) is 24.3 Å². The third-order valence-corrected chi connectivity index (χ3v) is 5.65. The molecule has 14 nitrogen and oxygen atoms in total. The van der Waals surface area contributed by atoms with Crippen LogP contribution in [0.2, 0.25) is 0 Å². The van der Waals surface area contributed by atoms with Gasteiger partial charge in [0, 0.05) is 6.42 Å². The SMILES string of the molecule is NC(Cc1ccccc1)C(=O)NC(Cc1ccc(O)cc1)C(=O)NC(CC(=O)O)C(=O)NC(CC(=O)O)C(=O)O. The van der Waals surface area contributed by atoms with E-state index in [1.807, 2.05) is 5.32 Å². The van der Waals surface area contributed by atoms with Crippen LogP contribution >= 0.6 is 0 Å². The van der Waals surface area contributed by atoms with Gasteiger partial charge in [-0.25, -0.2) is 4.79 Å². The number of carboxylic acids is 3. The number of aromatic hydroxyl groups is 1. The van der Waals surface area contributed by atoms with E-state index in [2.05, 4.69) is 10.6 Å². The lowest BCUT2D eigenvalue weighted by Gasteiger charge is -2.24. The summed E-state index contributed by atoms with van der Waals surface area (Å²) in [5, 5.41) is 43.4. The Labute approximate surface area is 228 Å². The largest absolute Gasteiger partial charge is 0.508 e. The average molecular weight is 559 g/mol. The lowest BCUT2D eigenvalue weighted by atomic mass is 10.0. The molecule has 40 heavy (non-hydrogen) atoms. The highest BCUT2D eigenvalue weighted by Gasteiger charge is 2.32. The number of amides is 3. The first-order valence-corrected chi connectivity index (χ1v) is 12.0. The first-order valence-electron chi connectivity index (χ1n) is 12.0. The van der Waals surface area contributed by atoms with Gasteiger partial charge in [-0.05, 0) is 29.7 Å². The molecule has 4 unspecified atom stereocenters. The molecule has 0 bridgehead atoms. The van der Waals surface area contributed by atoms with Crippen molar-refractivity contribution in [2.24, 2.45) is 5.73 Å². The van der Waals surface area contributed by atoms with Gasteiger partial charge in [0.15, 0.2) is 0 Å². The number of carboxylic acid groups (broad SMARTS) is 3. The molecule has 3 amide bonds. The zero-order chi connectivity index (χ0) is 29.8. The molecule has 0 aliphatic heterocycles. The van der Waals surface area contributed by atoms with Crippen molar-refractivity contribution in [1.29, 1.82) is 0 Å². The Bertz CT molecular complexity index is 1220. The second-order valence-corrected chi connectivity index (χ2v) is 8.88. The molecule has 0 radical (unpaired) electrons. The number of carbonyl (C=O) groups is 6. The van der Waals surface area contributed by atoms with Gasteiger partial charge >= 0.3 is 17.9 Å². The molecule has 0 saturated heterocycles. The normalized spacial score (nSPS) is 13.6. The summed E-state index contributed by atoms with van der Waals surface area (Å²) in [5.41, 5.74) is 7.28. The molecular weight excluding hydrogens is 528 g/mol. The third-order valence-electron chi connectivity index (χ3n) is 5.65. The summed E-state index contributed by atoms with van der Waals surface area (Å²) in [6.07, 6.45) is -1.96. The summed E-state index contributed by atoms with van der Waals surface area (Å²) in [7, 11) is 0. The highest BCUT2D eigenvalue weighted by molar-refractivity contribution is 5.96. The van der Waals surface area contributed by atoms with Crippen LogP contribution in [0.3, 0.4) is 0 Å². The third kappa shape index (κ3) is 10.4. The number of aliphatic carboxylic acids is 3. The number of phenolic OH excluding ortho intramolecular Hbond substituents is 1. The van der Waals surface area contributed by atoms with Gasteiger partial charge in [0.25, 0.3) is 0 Å².